The Morgan fingerprint density at radius 3 is 2.55 bits per heavy atom. The first-order valence-electron chi connectivity index (χ1n) is 12.2. The van der Waals surface area contributed by atoms with Gasteiger partial charge in [-0.2, -0.15) is 5.26 Å². The van der Waals surface area contributed by atoms with Crippen molar-refractivity contribution >= 4 is 5.91 Å². The largest absolute Gasteiger partial charge is 0.488 e. The van der Waals surface area contributed by atoms with Gasteiger partial charge in [0.2, 0.25) is 5.91 Å². The third-order valence-corrected chi connectivity index (χ3v) is 10.0. The Labute approximate surface area is 186 Å². The molecule has 4 heteroatoms. The summed E-state index contributed by atoms with van der Waals surface area (Å²) in [6, 6.07) is 9.78. The maximum absolute atomic E-state index is 12.8. The summed E-state index contributed by atoms with van der Waals surface area (Å²) in [7, 11) is 2.00. The van der Waals surface area contributed by atoms with Crippen LogP contribution in [0.4, 0.5) is 0 Å². The van der Waals surface area contributed by atoms with E-state index in [1.807, 2.05) is 36.2 Å². The van der Waals surface area contributed by atoms with Gasteiger partial charge in [-0.1, -0.05) is 27.2 Å². The lowest BCUT2D eigenvalue weighted by Crippen LogP contribution is -2.69. The maximum atomic E-state index is 12.8. The highest BCUT2D eigenvalue weighted by atomic mass is 16.5. The summed E-state index contributed by atoms with van der Waals surface area (Å²) < 4.78 is 6.75. The molecule has 0 N–H and O–H groups in total. The number of nitriles is 1. The second kappa shape index (κ2) is 7.26. The zero-order chi connectivity index (χ0) is 22.0. The minimum Gasteiger partial charge on any atom is -0.488 e. The van der Waals surface area contributed by atoms with Crippen LogP contribution in [-0.4, -0.2) is 30.0 Å². The molecule has 1 aliphatic heterocycles. The zero-order valence-corrected chi connectivity index (χ0v) is 19.4. The molecule has 0 aromatic heterocycles. The van der Waals surface area contributed by atoms with E-state index in [0.29, 0.717) is 35.2 Å². The van der Waals surface area contributed by atoms with Crippen LogP contribution in [0.25, 0.3) is 0 Å². The molecule has 3 saturated carbocycles. The van der Waals surface area contributed by atoms with Crippen molar-refractivity contribution in [2.45, 2.75) is 77.9 Å². The summed E-state index contributed by atoms with van der Waals surface area (Å²) in [6.45, 7) is 7.38. The average Bonchev–Trinajstić information content (AvgIpc) is 3.16. The monoisotopic (exact) mass is 420 g/mol. The fourth-order valence-electron chi connectivity index (χ4n) is 8.43. The highest BCUT2D eigenvalue weighted by Crippen LogP contribution is 2.66. The number of hydrogen-bond donors (Lipinski definition) is 0. The van der Waals surface area contributed by atoms with E-state index in [1.165, 1.54) is 32.1 Å². The van der Waals surface area contributed by atoms with E-state index in [4.69, 9.17) is 10.00 Å². The van der Waals surface area contributed by atoms with Crippen LogP contribution in [-0.2, 0) is 4.79 Å². The van der Waals surface area contributed by atoms with Crippen molar-refractivity contribution in [3.63, 3.8) is 0 Å². The quantitative estimate of drug-likeness (QED) is 0.642. The third kappa shape index (κ3) is 3.03. The minimum atomic E-state index is -0.0172. The molecule has 1 aromatic rings. The fourth-order valence-corrected chi connectivity index (χ4v) is 8.43. The molecule has 0 spiro atoms. The molecule has 31 heavy (non-hydrogen) atoms. The normalized spacial score (nSPS) is 44.1. The molecule has 1 heterocycles. The Morgan fingerprint density at radius 1 is 1.10 bits per heavy atom. The van der Waals surface area contributed by atoms with Crippen molar-refractivity contribution in [2.75, 3.05) is 7.05 Å². The Balaban J connectivity index is 1.55. The van der Waals surface area contributed by atoms with Gasteiger partial charge in [0.15, 0.2) is 0 Å². The Morgan fingerprint density at radius 2 is 1.84 bits per heavy atom. The number of piperidine rings is 1. The van der Waals surface area contributed by atoms with Crippen molar-refractivity contribution in [3.05, 3.63) is 29.8 Å². The SMILES string of the molecule is CC1C(Oc2ccc(C#N)cc2)C2N(C)C(=O)CC[C@]2(C)[C@@H]2CC[C@]3(C)CCC[C@H]3[C@H]12. The fraction of sp³-hybridized carbons (Fsp3) is 0.704. The number of rotatable bonds is 2. The van der Waals surface area contributed by atoms with Crippen LogP contribution < -0.4 is 4.74 Å². The van der Waals surface area contributed by atoms with Gasteiger partial charge in [0.05, 0.1) is 17.7 Å². The number of carbonyl (C=O) groups is 1. The molecule has 0 radical (unpaired) electrons. The molecule has 3 aliphatic carbocycles. The Hall–Kier alpha value is -2.02. The number of ether oxygens (including phenoxy) is 1. The first kappa shape index (κ1) is 20.9. The molecule has 0 bridgehead atoms. The zero-order valence-electron chi connectivity index (χ0n) is 19.4. The summed E-state index contributed by atoms with van der Waals surface area (Å²) in [6.07, 6.45) is 8.33. The summed E-state index contributed by atoms with van der Waals surface area (Å²) in [5.41, 5.74) is 1.22. The van der Waals surface area contributed by atoms with Gasteiger partial charge in [0.1, 0.15) is 11.9 Å². The lowest BCUT2D eigenvalue weighted by atomic mass is 9.44. The van der Waals surface area contributed by atoms with Crippen molar-refractivity contribution in [1.29, 1.82) is 5.26 Å². The standard InChI is InChI=1S/C27H36N2O2/c1-17-23-20-6-5-13-26(20,2)14-11-21(23)27(3)15-12-22(30)29(4)25(27)24(17)31-19-9-7-18(16-28)8-10-19/h7-10,17,20-21,23-25H,5-6,11-15H2,1-4H3/t17?,20-,21+,23-,24?,25?,26-,27+/m0/s1. The number of amides is 1. The van der Waals surface area contributed by atoms with E-state index in [9.17, 15) is 4.79 Å². The summed E-state index contributed by atoms with van der Waals surface area (Å²) in [4.78, 5) is 14.8. The van der Waals surface area contributed by atoms with Crippen LogP contribution in [0.15, 0.2) is 24.3 Å². The third-order valence-electron chi connectivity index (χ3n) is 10.0. The van der Waals surface area contributed by atoms with E-state index in [0.717, 1.165) is 18.1 Å². The first-order valence-corrected chi connectivity index (χ1v) is 12.2. The molecular weight excluding hydrogens is 384 g/mol. The van der Waals surface area contributed by atoms with Crippen molar-refractivity contribution in [2.24, 2.45) is 34.5 Å². The molecular formula is C27H36N2O2. The van der Waals surface area contributed by atoms with Gasteiger partial charge in [-0.15, -0.1) is 0 Å². The number of carbonyl (C=O) groups excluding carboxylic acids is 1. The van der Waals surface area contributed by atoms with E-state index in [1.54, 1.807) is 0 Å². The average molecular weight is 421 g/mol. The smallest absolute Gasteiger partial charge is 0.222 e. The molecule has 8 atom stereocenters. The van der Waals surface area contributed by atoms with E-state index < -0.39 is 0 Å². The number of hydrogen-bond acceptors (Lipinski definition) is 3. The molecule has 1 amide bonds. The van der Waals surface area contributed by atoms with Gasteiger partial charge in [0.25, 0.3) is 0 Å². The molecule has 4 fully saturated rings. The van der Waals surface area contributed by atoms with Crippen LogP contribution in [0, 0.1) is 45.8 Å². The predicted molar refractivity (Wildman–Crippen MR) is 120 cm³/mol. The number of likely N-dealkylation sites (N-methyl/N-ethyl adjacent to an activating group) is 1. The highest BCUT2D eigenvalue weighted by molar-refractivity contribution is 5.77. The second-order valence-electron chi connectivity index (χ2n) is 11.4. The lowest BCUT2D eigenvalue weighted by Gasteiger charge is -2.65. The minimum absolute atomic E-state index is 0.0172. The molecule has 166 valence electrons. The summed E-state index contributed by atoms with van der Waals surface area (Å²) >= 11 is 0. The maximum Gasteiger partial charge on any atom is 0.222 e. The molecule has 3 unspecified atom stereocenters. The van der Waals surface area contributed by atoms with E-state index in [-0.39, 0.29) is 23.5 Å². The second-order valence-corrected chi connectivity index (χ2v) is 11.4. The number of fused-ring (bicyclic) bond motifs is 5. The van der Waals surface area contributed by atoms with Gasteiger partial charge in [-0.25, -0.2) is 0 Å². The molecule has 1 aromatic carbocycles. The summed E-state index contributed by atoms with van der Waals surface area (Å²) in [5, 5.41) is 9.15. The van der Waals surface area contributed by atoms with Gasteiger partial charge in [0, 0.05) is 13.5 Å². The Bertz CT molecular complexity index is 905. The molecule has 4 aliphatic rings. The van der Waals surface area contributed by atoms with Gasteiger partial charge in [-0.3, -0.25) is 4.79 Å². The molecule has 5 rings (SSSR count). The highest BCUT2D eigenvalue weighted by Gasteiger charge is 2.64. The van der Waals surface area contributed by atoms with E-state index >= 15 is 0 Å². The number of benzene rings is 1. The van der Waals surface area contributed by atoms with Gasteiger partial charge in [-0.05, 0) is 90.9 Å². The Kier molecular flexibility index (Phi) is 4.88. The van der Waals surface area contributed by atoms with Crippen LogP contribution in [0.5, 0.6) is 5.75 Å². The van der Waals surface area contributed by atoms with Crippen LogP contribution >= 0.6 is 0 Å². The van der Waals surface area contributed by atoms with Crippen LogP contribution in [0.1, 0.15) is 71.3 Å². The molecule has 1 saturated heterocycles. The van der Waals surface area contributed by atoms with Crippen molar-refractivity contribution in [3.8, 4) is 11.8 Å². The predicted octanol–water partition coefficient (Wildman–Crippen LogP) is 5.42. The number of nitrogens with zero attached hydrogens (tertiary/aromatic N) is 2. The van der Waals surface area contributed by atoms with Crippen molar-refractivity contribution < 1.29 is 9.53 Å². The first-order chi connectivity index (χ1) is 14.8. The number of likely N-dealkylation sites (tertiary alicyclic amines) is 1. The van der Waals surface area contributed by atoms with Crippen molar-refractivity contribution in [1.82, 2.24) is 4.90 Å². The topological polar surface area (TPSA) is 53.3 Å². The van der Waals surface area contributed by atoms with Gasteiger partial charge >= 0.3 is 0 Å². The van der Waals surface area contributed by atoms with E-state index in [2.05, 4.69) is 26.8 Å². The van der Waals surface area contributed by atoms with Crippen LogP contribution in [0.3, 0.4) is 0 Å². The van der Waals surface area contributed by atoms with Crippen LogP contribution in [0.2, 0.25) is 0 Å². The van der Waals surface area contributed by atoms with Gasteiger partial charge < -0.3 is 9.64 Å². The summed E-state index contributed by atoms with van der Waals surface area (Å²) in [5.74, 6) is 3.56. The molecule has 4 nitrogen and oxygen atoms in total. The lowest BCUT2D eigenvalue weighted by molar-refractivity contribution is -0.191.